The minimum atomic E-state index is 0.546. The van der Waals surface area contributed by atoms with Crippen LogP contribution >= 0.6 is 0 Å². The van der Waals surface area contributed by atoms with E-state index in [0.29, 0.717) is 5.92 Å². The molecule has 4 heteroatoms. The number of hydrogen-bond donors (Lipinski definition) is 1. The normalized spacial score (nSPS) is 23.0. The molecular formula is C17H27N3O. The SMILES string of the molecule is NCCCCN1CCN(CC2COc3ccccc32)CC1. The van der Waals surface area contributed by atoms with Crippen molar-refractivity contribution in [3.8, 4) is 5.75 Å². The predicted octanol–water partition coefficient (Wildman–Crippen LogP) is 1.52. The molecule has 0 aromatic heterocycles. The number of nitrogens with two attached hydrogens (primary N) is 1. The lowest BCUT2D eigenvalue weighted by atomic mass is 10.0. The van der Waals surface area contributed by atoms with Crippen molar-refractivity contribution in [2.45, 2.75) is 18.8 Å². The zero-order chi connectivity index (χ0) is 14.5. The Labute approximate surface area is 127 Å². The van der Waals surface area contributed by atoms with Gasteiger partial charge in [0.2, 0.25) is 0 Å². The lowest BCUT2D eigenvalue weighted by Crippen LogP contribution is -2.47. The van der Waals surface area contributed by atoms with Gasteiger partial charge in [0.15, 0.2) is 0 Å². The highest BCUT2D eigenvalue weighted by Crippen LogP contribution is 2.33. The minimum absolute atomic E-state index is 0.546. The van der Waals surface area contributed by atoms with Crippen LogP contribution in [0, 0.1) is 0 Å². The Morgan fingerprint density at radius 1 is 1.05 bits per heavy atom. The van der Waals surface area contributed by atoms with Gasteiger partial charge in [-0.1, -0.05) is 18.2 Å². The quantitative estimate of drug-likeness (QED) is 0.806. The Hall–Kier alpha value is -1.10. The molecule has 1 atom stereocenters. The van der Waals surface area contributed by atoms with E-state index in [-0.39, 0.29) is 0 Å². The van der Waals surface area contributed by atoms with Gasteiger partial charge in [0.05, 0.1) is 6.61 Å². The van der Waals surface area contributed by atoms with Gasteiger partial charge < -0.3 is 20.3 Å². The molecule has 1 aromatic carbocycles. The Morgan fingerprint density at radius 3 is 2.62 bits per heavy atom. The molecule has 2 aliphatic rings. The molecule has 1 aromatic rings. The molecule has 2 aliphatic heterocycles. The predicted molar refractivity (Wildman–Crippen MR) is 85.8 cm³/mol. The molecule has 1 saturated heterocycles. The summed E-state index contributed by atoms with van der Waals surface area (Å²) in [6, 6.07) is 8.48. The summed E-state index contributed by atoms with van der Waals surface area (Å²) < 4.78 is 5.79. The van der Waals surface area contributed by atoms with Gasteiger partial charge in [-0.15, -0.1) is 0 Å². The van der Waals surface area contributed by atoms with Crippen LogP contribution in [0.4, 0.5) is 0 Å². The summed E-state index contributed by atoms with van der Waals surface area (Å²) in [6.45, 7) is 8.76. The van der Waals surface area contributed by atoms with Crippen LogP contribution in [0.25, 0.3) is 0 Å². The first kappa shape index (κ1) is 14.8. The largest absolute Gasteiger partial charge is 0.493 e. The molecule has 3 rings (SSSR count). The summed E-state index contributed by atoms with van der Waals surface area (Å²) in [5, 5.41) is 0. The van der Waals surface area contributed by atoms with Crippen molar-refractivity contribution in [2.75, 3.05) is 52.4 Å². The van der Waals surface area contributed by atoms with Crippen LogP contribution in [-0.4, -0.2) is 62.2 Å². The Balaban J connectivity index is 1.44. The summed E-state index contributed by atoms with van der Waals surface area (Å²) in [5.74, 6) is 1.63. The molecule has 21 heavy (non-hydrogen) atoms. The maximum absolute atomic E-state index is 5.79. The van der Waals surface area contributed by atoms with Crippen LogP contribution in [0.5, 0.6) is 5.75 Å². The van der Waals surface area contributed by atoms with Crippen molar-refractivity contribution < 1.29 is 4.74 Å². The molecule has 116 valence electrons. The topological polar surface area (TPSA) is 41.7 Å². The fourth-order valence-electron chi connectivity index (χ4n) is 3.37. The van der Waals surface area contributed by atoms with Crippen LogP contribution in [0.15, 0.2) is 24.3 Å². The molecule has 0 bridgehead atoms. The molecular weight excluding hydrogens is 262 g/mol. The molecule has 0 radical (unpaired) electrons. The second-order valence-corrected chi connectivity index (χ2v) is 6.18. The van der Waals surface area contributed by atoms with Crippen molar-refractivity contribution >= 4 is 0 Å². The molecule has 4 nitrogen and oxygen atoms in total. The van der Waals surface area contributed by atoms with Crippen molar-refractivity contribution in [3.63, 3.8) is 0 Å². The van der Waals surface area contributed by atoms with E-state index in [1.54, 1.807) is 0 Å². The minimum Gasteiger partial charge on any atom is -0.493 e. The first-order valence-electron chi connectivity index (χ1n) is 8.23. The molecule has 0 spiro atoms. The maximum Gasteiger partial charge on any atom is 0.122 e. The second-order valence-electron chi connectivity index (χ2n) is 6.18. The highest BCUT2D eigenvalue weighted by atomic mass is 16.5. The molecule has 2 heterocycles. The number of piperazine rings is 1. The summed E-state index contributed by atoms with van der Waals surface area (Å²) in [6.07, 6.45) is 2.39. The van der Waals surface area contributed by atoms with E-state index in [4.69, 9.17) is 10.5 Å². The number of unbranched alkanes of at least 4 members (excludes halogenated alkanes) is 1. The summed E-state index contributed by atoms with van der Waals surface area (Å²) >= 11 is 0. The van der Waals surface area contributed by atoms with E-state index < -0.39 is 0 Å². The van der Waals surface area contributed by atoms with Gasteiger partial charge in [-0.05, 0) is 32.0 Å². The van der Waals surface area contributed by atoms with Crippen LogP contribution in [0.1, 0.15) is 24.3 Å². The van der Waals surface area contributed by atoms with Gasteiger partial charge in [-0.25, -0.2) is 0 Å². The van der Waals surface area contributed by atoms with Crippen molar-refractivity contribution in [1.82, 2.24) is 9.80 Å². The highest BCUT2D eigenvalue weighted by molar-refractivity contribution is 5.39. The Morgan fingerprint density at radius 2 is 1.81 bits per heavy atom. The van der Waals surface area contributed by atoms with Crippen LogP contribution in [0.2, 0.25) is 0 Å². The third-order valence-corrected chi connectivity index (χ3v) is 4.67. The first-order valence-corrected chi connectivity index (χ1v) is 8.23. The van der Waals surface area contributed by atoms with E-state index in [2.05, 4.69) is 34.1 Å². The monoisotopic (exact) mass is 289 g/mol. The lowest BCUT2D eigenvalue weighted by molar-refractivity contribution is 0.122. The van der Waals surface area contributed by atoms with Gasteiger partial charge in [-0.2, -0.15) is 0 Å². The number of rotatable bonds is 6. The number of ether oxygens (including phenoxy) is 1. The van der Waals surface area contributed by atoms with Gasteiger partial charge >= 0.3 is 0 Å². The molecule has 0 aliphatic carbocycles. The van der Waals surface area contributed by atoms with Crippen LogP contribution in [0.3, 0.4) is 0 Å². The van der Waals surface area contributed by atoms with Crippen molar-refractivity contribution in [1.29, 1.82) is 0 Å². The number of nitrogens with zero attached hydrogens (tertiary/aromatic N) is 2. The molecule has 1 fully saturated rings. The van der Waals surface area contributed by atoms with E-state index in [1.807, 2.05) is 0 Å². The van der Waals surface area contributed by atoms with Crippen molar-refractivity contribution in [3.05, 3.63) is 29.8 Å². The molecule has 0 saturated carbocycles. The van der Waals surface area contributed by atoms with Gasteiger partial charge in [-0.3, -0.25) is 0 Å². The Kier molecular flexibility index (Phi) is 5.12. The number of benzene rings is 1. The summed E-state index contributed by atoms with van der Waals surface area (Å²) in [7, 11) is 0. The van der Waals surface area contributed by atoms with E-state index in [0.717, 1.165) is 31.9 Å². The third-order valence-electron chi connectivity index (χ3n) is 4.67. The lowest BCUT2D eigenvalue weighted by Gasteiger charge is -2.35. The standard InChI is InChI=1S/C17H27N3O/c18-7-3-4-8-19-9-11-20(12-10-19)13-15-14-21-17-6-2-1-5-16(15)17/h1-2,5-6,15H,3-4,7-14,18H2. The molecule has 0 amide bonds. The van der Waals surface area contributed by atoms with Crippen molar-refractivity contribution in [2.24, 2.45) is 5.73 Å². The smallest absolute Gasteiger partial charge is 0.122 e. The molecule has 1 unspecified atom stereocenters. The maximum atomic E-state index is 5.79. The number of fused-ring (bicyclic) bond motifs is 1. The number of hydrogen-bond acceptors (Lipinski definition) is 4. The van der Waals surface area contributed by atoms with E-state index in [9.17, 15) is 0 Å². The molecule has 2 N–H and O–H groups in total. The fraction of sp³-hybridized carbons (Fsp3) is 0.647. The number of para-hydroxylation sites is 1. The fourth-order valence-corrected chi connectivity index (χ4v) is 3.37. The Bertz CT molecular complexity index is 443. The summed E-state index contributed by atoms with van der Waals surface area (Å²) in [4.78, 5) is 5.17. The van der Waals surface area contributed by atoms with E-state index in [1.165, 1.54) is 44.7 Å². The first-order chi connectivity index (χ1) is 10.4. The average molecular weight is 289 g/mol. The summed E-state index contributed by atoms with van der Waals surface area (Å²) in [5.41, 5.74) is 6.95. The third kappa shape index (κ3) is 3.76. The average Bonchev–Trinajstić information content (AvgIpc) is 2.93. The van der Waals surface area contributed by atoms with Crippen LogP contribution in [-0.2, 0) is 0 Å². The zero-order valence-corrected chi connectivity index (χ0v) is 12.8. The van der Waals surface area contributed by atoms with Crippen LogP contribution < -0.4 is 10.5 Å². The van der Waals surface area contributed by atoms with Gasteiger partial charge in [0.1, 0.15) is 5.75 Å². The highest BCUT2D eigenvalue weighted by Gasteiger charge is 2.27. The van der Waals surface area contributed by atoms with E-state index >= 15 is 0 Å². The second kappa shape index (κ2) is 7.25. The van der Waals surface area contributed by atoms with Gasteiger partial charge in [0, 0.05) is 44.2 Å². The van der Waals surface area contributed by atoms with Gasteiger partial charge in [0.25, 0.3) is 0 Å². The zero-order valence-electron chi connectivity index (χ0n) is 12.8.